The Hall–Kier alpha value is -2.76. The lowest BCUT2D eigenvalue weighted by molar-refractivity contribution is -0.138. The molecule has 3 aromatic rings. The first-order valence-electron chi connectivity index (χ1n) is 7.26. The number of carboxylic acids is 1. The van der Waals surface area contributed by atoms with Gasteiger partial charge in [-0.05, 0) is 42.3 Å². The monoisotopic (exact) mass is 333 g/mol. The van der Waals surface area contributed by atoms with E-state index in [-0.39, 0.29) is 6.42 Å². The lowest BCUT2D eigenvalue weighted by Gasteiger charge is -2.08. The number of H-pyrrole nitrogens is 1. The fraction of sp³-hybridized carbons (Fsp3) is 0.167. The highest BCUT2D eigenvalue weighted by Gasteiger charge is 2.30. The van der Waals surface area contributed by atoms with Gasteiger partial charge in [0.25, 0.3) is 0 Å². The number of alkyl halides is 3. The van der Waals surface area contributed by atoms with Gasteiger partial charge in [-0.3, -0.25) is 4.79 Å². The summed E-state index contributed by atoms with van der Waals surface area (Å²) in [6, 6.07) is 10.3. The molecule has 1 aromatic heterocycles. The van der Waals surface area contributed by atoms with E-state index in [0.717, 1.165) is 28.6 Å². The van der Waals surface area contributed by atoms with Crippen molar-refractivity contribution in [2.75, 3.05) is 0 Å². The van der Waals surface area contributed by atoms with Crippen LogP contribution in [0.2, 0.25) is 0 Å². The Balaban J connectivity index is 2.16. The molecule has 0 spiro atoms. The van der Waals surface area contributed by atoms with Crippen molar-refractivity contribution in [2.24, 2.45) is 0 Å². The number of aliphatic carboxylic acids is 1. The van der Waals surface area contributed by atoms with Crippen molar-refractivity contribution in [3.8, 4) is 11.3 Å². The van der Waals surface area contributed by atoms with E-state index in [4.69, 9.17) is 0 Å². The standard InChI is InChI=1S/C18H14F3NO2/c1-10-2-7-15-13(8-10)14(9-16(23)24)17(22-15)11-3-5-12(6-4-11)18(19,20)21/h2-8,22H,9H2,1H3,(H,23,24). The normalized spacial score (nSPS) is 11.8. The first-order chi connectivity index (χ1) is 11.3. The minimum absolute atomic E-state index is 0.209. The molecular weight excluding hydrogens is 319 g/mol. The highest BCUT2D eigenvalue weighted by atomic mass is 19.4. The van der Waals surface area contributed by atoms with E-state index in [1.54, 1.807) is 0 Å². The molecule has 0 saturated heterocycles. The maximum atomic E-state index is 12.7. The van der Waals surface area contributed by atoms with E-state index in [2.05, 4.69) is 4.98 Å². The fourth-order valence-corrected chi connectivity index (χ4v) is 2.77. The second kappa shape index (κ2) is 5.70. The van der Waals surface area contributed by atoms with Crippen LogP contribution in [-0.4, -0.2) is 16.1 Å². The molecule has 0 saturated carbocycles. The van der Waals surface area contributed by atoms with Crippen LogP contribution in [0.4, 0.5) is 13.2 Å². The van der Waals surface area contributed by atoms with E-state index in [0.29, 0.717) is 16.8 Å². The Kier molecular flexibility index (Phi) is 3.83. The molecule has 0 unspecified atom stereocenters. The molecule has 0 bridgehead atoms. The number of aromatic amines is 1. The molecule has 0 amide bonds. The molecule has 0 aliphatic carbocycles. The van der Waals surface area contributed by atoms with Crippen molar-refractivity contribution in [3.63, 3.8) is 0 Å². The Labute approximate surface area is 135 Å². The number of aromatic nitrogens is 1. The summed E-state index contributed by atoms with van der Waals surface area (Å²) < 4.78 is 38.1. The summed E-state index contributed by atoms with van der Waals surface area (Å²) in [5.74, 6) is -0.995. The predicted octanol–water partition coefficient (Wildman–Crippen LogP) is 4.79. The first-order valence-corrected chi connectivity index (χ1v) is 7.26. The molecule has 2 N–H and O–H groups in total. The van der Waals surface area contributed by atoms with Gasteiger partial charge < -0.3 is 10.1 Å². The average Bonchev–Trinajstić information content (AvgIpc) is 2.84. The lowest BCUT2D eigenvalue weighted by atomic mass is 10.0. The summed E-state index contributed by atoms with van der Waals surface area (Å²) in [7, 11) is 0. The maximum Gasteiger partial charge on any atom is 0.416 e. The Morgan fingerprint density at radius 2 is 1.79 bits per heavy atom. The lowest BCUT2D eigenvalue weighted by Crippen LogP contribution is -2.04. The molecule has 1 heterocycles. The highest BCUT2D eigenvalue weighted by Crippen LogP contribution is 2.34. The molecule has 0 aliphatic heterocycles. The number of hydrogen-bond acceptors (Lipinski definition) is 1. The fourth-order valence-electron chi connectivity index (χ4n) is 2.77. The number of nitrogens with one attached hydrogen (secondary N) is 1. The van der Waals surface area contributed by atoms with Gasteiger partial charge in [0.05, 0.1) is 17.7 Å². The largest absolute Gasteiger partial charge is 0.481 e. The Morgan fingerprint density at radius 3 is 2.38 bits per heavy atom. The van der Waals surface area contributed by atoms with Gasteiger partial charge >= 0.3 is 12.1 Å². The summed E-state index contributed by atoms with van der Waals surface area (Å²) in [5.41, 5.74) is 2.62. The molecule has 3 rings (SSSR count). The van der Waals surface area contributed by atoms with Gasteiger partial charge in [0, 0.05) is 10.9 Å². The van der Waals surface area contributed by atoms with Gasteiger partial charge in [0.1, 0.15) is 0 Å². The number of aryl methyl sites for hydroxylation is 1. The third-order valence-electron chi connectivity index (χ3n) is 3.89. The van der Waals surface area contributed by atoms with Gasteiger partial charge in [0.2, 0.25) is 0 Å². The number of halogens is 3. The summed E-state index contributed by atoms with van der Waals surface area (Å²) in [6.07, 6.45) is -4.61. The predicted molar refractivity (Wildman–Crippen MR) is 84.8 cm³/mol. The molecule has 2 aromatic carbocycles. The minimum atomic E-state index is -4.40. The summed E-state index contributed by atoms with van der Waals surface area (Å²) in [4.78, 5) is 14.3. The van der Waals surface area contributed by atoms with Crippen molar-refractivity contribution >= 4 is 16.9 Å². The third kappa shape index (κ3) is 2.99. The van der Waals surface area contributed by atoms with Crippen LogP contribution in [0.3, 0.4) is 0 Å². The van der Waals surface area contributed by atoms with Gasteiger partial charge in [-0.25, -0.2) is 0 Å². The smallest absolute Gasteiger partial charge is 0.416 e. The van der Waals surface area contributed by atoms with Crippen molar-refractivity contribution in [1.29, 1.82) is 0 Å². The van der Waals surface area contributed by atoms with Crippen LogP contribution >= 0.6 is 0 Å². The Bertz CT molecular complexity index is 908. The van der Waals surface area contributed by atoms with Gasteiger partial charge in [-0.15, -0.1) is 0 Å². The number of fused-ring (bicyclic) bond motifs is 1. The third-order valence-corrected chi connectivity index (χ3v) is 3.89. The molecular formula is C18H14F3NO2. The van der Waals surface area contributed by atoms with Crippen molar-refractivity contribution in [2.45, 2.75) is 19.5 Å². The first kappa shape index (κ1) is 16.1. The van der Waals surface area contributed by atoms with Crippen LogP contribution in [0.25, 0.3) is 22.2 Å². The van der Waals surface area contributed by atoms with E-state index in [1.165, 1.54) is 12.1 Å². The van der Waals surface area contributed by atoms with Crippen LogP contribution in [-0.2, 0) is 17.4 Å². The molecule has 24 heavy (non-hydrogen) atoms. The topological polar surface area (TPSA) is 53.1 Å². The van der Waals surface area contributed by atoms with Crippen LogP contribution in [0, 0.1) is 6.92 Å². The molecule has 0 radical (unpaired) electrons. The molecule has 124 valence electrons. The minimum Gasteiger partial charge on any atom is -0.481 e. The Morgan fingerprint density at radius 1 is 1.12 bits per heavy atom. The second-order valence-corrected chi connectivity index (χ2v) is 5.67. The number of hydrogen-bond donors (Lipinski definition) is 2. The summed E-state index contributed by atoms with van der Waals surface area (Å²) in [5, 5.41) is 9.94. The molecule has 0 fully saturated rings. The van der Waals surface area contributed by atoms with E-state index < -0.39 is 17.7 Å². The number of rotatable bonds is 3. The zero-order valence-corrected chi connectivity index (χ0v) is 12.7. The number of carboxylic acid groups (broad SMARTS) is 1. The number of carbonyl (C=O) groups is 1. The average molecular weight is 333 g/mol. The SMILES string of the molecule is Cc1ccc2[nH]c(-c3ccc(C(F)(F)F)cc3)c(CC(=O)O)c2c1. The second-order valence-electron chi connectivity index (χ2n) is 5.67. The number of benzene rings is 2. The van der Waals surface area contributed by atoms with Crippen LogP contribution in [0.1, 0.15) is 16.7 Å². The van der Waals surface area contributed by atoms with E-state index in [1.807, 2.05) is 25.1 Å². The van der Waals surface area contributed by atoms with Crippen molar-refractivity contribution in [1.82, 2.24) is 4.98 Å². The van der Waals surface area contributed by atoms with E-state index in [9.17, 15) is 23.1 Å². The quantitative estimate of drug-likeness (QED) is 0.724. The summed E-state index contributed by atoms with van der Waals surface area (Å²) >= 11 is 0. The highest BCUT2D eigenvalue weighted by molar-refractivity contribution is 5.94. The van der Waals surface area contributed by atoms with Crippen LogP contribution in [0.15, 0.2) is 42.5 Å². The maximum absolute atomic E-state index is 12.7. The molecule has 0 aliphatic rings. The molecule has 0 atom stereocenters. The molecule has 6 heteroatoms. The van der Waals surface area contributed by atoms with Crippen molar-refractivity contribution in [3.05, 3.63) is 59.2 Å². The van der Waals surface area contributed by atoms with Gasteiger partial charge in [-0.1, -0.05) is 23.8 Å². The van der Waals surface area contributed by atoms with E-state index >= 15 is 0 Å². The summed E-state index contributed by atoms with van der Waals surface area (Å²) in [6.45, 7) is 1.90. The van der Waals surface area contributed by atoms with Crippen LogP contribution < -0.4 is 0 Å². The van der Waals surface area contributed by atoms with Gasteiger partial charge in [-0.2, -0.15) is 13.2 Å². The van der Waals surface area contributed by atoms with Crippen LogP contribution in [0.5, 0.6) is 0 Å². The molecule has 3 nitrogen and oxygen atoms in total. The zero-order valence-electron chi connectivity index (χ0n) is 12.7. The van der Waals surface area contributed by atoms with Crippen molar-refractivity contribution < 1.29 is 23.1 Å². The zero-order chi connectivity index (χ0) is 17.5. The van der Waals surface area contributed by atoms with Gasteiger partial charge in [0.15, 0.2) is 0 Å².